The van der Waals surface area contributed by atoms with Crippen LogP contribution in [0.1, 0.15) is 17.0 Å². The van der Waals surface area contributed by atoms with E-state index in [4.69, 9.17) is 11.6 Å². The molecule has 0 atom stereocenters. The van der Waals surface area contributed by atoms with Crippen LogP contribution in [-0.2, 0) is 0 Å². The summed E-state index contributed by atoms with van der Waals surface area (Å²) in [6.45, 7) is 6.03. The van der Waals surface area contributed by atoms with Crippen LogP contribution in [0.4, 0.5) is 0 Å². The molecule has 4 aromatic heterocycles. The summed E-state index contributed by atoms with van der Waals surface area (Å²) in [6, 6.07) is 8.01. The molecule has 4 aromatic rings. The normalized spacial score (nSPS) is 11.3. The first-order chi connectivity index (χ1) is 11.5. The zero-order valence-electron chi connectivity index (χ0n) is 13.5. The number of fused-ring (bicyclic) bond motifs is 1. The highest BCUT2D eigenvalue weighted by molar-refractivity contribution is 6.28. The quantitative estimate of drug-likeness (QED) is 0.524. The Hall–Kier alpha value is -2.73. The molecule has 120 valence electrons. The van der Waals surface area contributed by atoms with E-state index in [1.807, 2.05) is 43.7 Å². The SMILES string of the molecule is Cc1cnc(Cl)nc1-c1ccn2nc(-n3c(C)ccc3C)nc2c1. The second-order valence-electron chi connectivity index (χ2n) is 5.75. The number of rotatable bonds is 2. The number of aryl methyl sites for hydroxylation is 3. The molecule has 6 nitrogen and oxygen atoms in total. The maximum Gasteiger partial charge on any atom is 0.254 e. The predicted octanol–water partition coefficient (Wildman–Crippen LogP) is 3.56. The summed E-state index contributed by atoms with van der Waals surface area (Å²) in [5, 5.41) is 4.79. The summed E-state index contributed by atoms with van der Waals surface area (Å²) >= 11 is 5.93. The molecule has 0 amide bonds. The number of pyridine rings is 1. The van der Waals surface area contributed by atoms with E-state index in [0.29, 0.717) is 5.95 Å². The Morgan fingerprint density at radius 3 is 2.50 bits per heavy atom. The molecule has 0 aliphatic carbocycles. The molecule has 0 aromatic carbocycles. The summed E-state index contributed by atoms with van der Waals surface area (Å²) in [7, 11) is 0. The van der Waals surface area contributed by atoms with Crippen LogP contribution >= 0.6 is 11.6 Å². The van der Waals surface area contributed by atoms with Crippen LogP contribution in [0.25, 0.3) is 22.9 Å². The Morgan fingerprint density at radius 1 is 1.00 bits per heavy atom. The molecule has 4 heterocycles. The van der Waals surface area contributed by atoms with E-state index in [0.717, 1.165) is 33.9 Å². The summed E-state index contributed by atoms with van der Waals surface area (Å²) in [5.41, 5.74) is 5.65. The van der Waals surface area contributed by atoms with Gasteiger partial charge in [0.2, 0.25) is 5.28 Å². The van der Waals surface area contributed by atoms with Crippen LogP contribution in [0.15, 0.2) is 36.7 Å². The first kappa shape index (κ1) is 14.8. The van der Waals surface area contributed by atoms with Gasteiger partial charge in [0.25, 0.3) is 5.95 Å². The first-order valence-corrected chi connectivity index (χ1v) is 7.92. The fourth-order valence-corrected chi connectivity index (χ4v) is 2.94. The van der Waals surface area contributed by atoms with E-state index in [2.05, 4.69) is 32.2 Å². The van der Waals surface area contributed by atoms with Crippen LogP contribution in [0.3, 0.4) is 0 Å². The molecule has 0 spiro atoms. The standard InChI is InChI=1S/C17H15ClN6/c1-10-9-19-16(18)21-15(10)13-6-7-23-14(8-13)20-17(22-23)24-11(2)4-5-12(24)3/h4-9H,1-3H3. The number of halogens is 1. The van der Waals surface area contributed by atoms with Gasteiger partial charge in [-0.05, 0) is 62.2 Å². The molecule has 0 radical (unpaired) electrons. The van der Waals surface area contributed by atoms with E-state index in [-0.39, 0.29) is 5.28 Å². The number of hydrogen-bond acceptors (Lipinski definition) is 4. The molecule has 0 saturated carbocycles. The fraction of sp³-hybridized carbons (Fsp3) is 0.176. The van der Waals surface area contributed by atoms with Gasteiger partial charge in [0.15, 0.2) is 5.65 Å². The molecule has 0 bridgehead atoms. The molecule has 0 unspecified atom stereocenters. The lowest BCUT2D eigenvalue weighted by molar-refractivity contribution is 0.851. The number of aromatic nitrogens is 6. The molecule has 0 aliphatic heterocycles. The van der Waals surface area contributed by atoms with Crippen LogP contribution in [0.5, 0.6) is 0 Å². The Bertz CT molecular complexity index is 1040. The van der Waals surface area contributed by atoms with Crippen molar-refractivity contribution in [2.75, 3.05) is 0 Å². The van der Waals surface area contributed by atoms with Gasteiger partial charge in [0.1, 0.15) is 0 Å². The van der Waals surface area contributed by atoms with E-state index in [9.17, 15) is 0 Å². The Balaban J connectivity index is 1.86. The molecule has 0 aliphatic rings. The van der Waals surface area contributed by atoms with Gasteiger partial charge in [0, 0.05) is 29.3 Å². The van der Waals surface area contributed by atoms with E-state index in [1.165, 1.54) is 0 Å². The van der Waals surface area contributed by atoms with Crippen molar-refractivity contribution in [1.29, 1.82) is 0 Å². The third-order valence-electron chi connectivity index (χ3n) is 4.01. The van der Waals surface area contributed by atoms with Crippen molar-refractivity contribution < 1.29 is 0 Å². The molecular formula is C17H15ClN6. The fourth-order valence-electron chi connectivity index (χ4n) is 2.81. The lowest BCUT2D eigenvalue weighted by Crippen LogP contribution is -2.01. The number of hydrogen-bond donors (Lipinski definition) is 0. The Morgan fingerprint density at radius 2 is 1.75 bits per heavy atom. The van der Waals surface area contributed by atoms with E-state index in [1.54, 1.807) is 10.7 Å². The monoisotopic (exact) mass is 338 g/mol. The van der Waals surface area contributed by atoms with Crippen molar-refractivity contribution in [1.82, 2.24) is 29.1 Å². The van der Waals surface area contributed by atoms with Gasteiger partial charge >= 0.3 is 0 Å². The van der Waals surface area contributed by atoms with Crippen molar-refractivity contribution in [3.8, 4) is 17.2 Å². The van der Waals surface area contributed by atoms with Crippen molar-refractivity contribution in [3.63, 3.8) is 0 Å². The summed E-state index contributed by atoms with van der Waals surface area (Å²) in [4.78, 5) is 13.0. The molecular weight excluding hydrogens is 324 g/mol. The minimum Gasteiger partial charge on any atom is -0.286 e. The average molecular weight is 339 g/mol. The second-order valence-corrected chi connectivity index (χ2v) is 6.09. The topological polar surface area (TPSA) is 60.9 Å². The first-order valence-electron chi connectivity index (χ1n) is 7.54. The average Bonchev–Trinajstić information content (AvgIpc) is 3.11. The largest absolute Gasteiger partial charge is 0.286 e. The van der Waals surface area contributed by atoms with Gasteiger partial charge in [0.05, 0.1) is 5.69 Å². The van der Waals surface area contributed by atoms with E-state index >= 15 is 0 Å². The van der Waals surface area contributed by atoms with Gasteiger partial charge in [-0.1, -0.05) is 0 Å². The molecule has 0 saturated heterocycles. The molecule has 0 fully saturated rings. The van der Waals surface area contributed by atoms with Crippen molar-refractivity contribution in [3.05, 3.63) is 58.9 Å². The van der Waals surface area contributed by atoms with Crippen LogP contribution in [0, 0.1) is 20.8 Å². The lowest BCUT2D eigenvalue weighted by Gasteiger charge is -2.04. The van der Waals surface area contributed by atoms with Crippen LogP contribution < -0.4 is 0 Å². The highest BCUT2D eigenvalue weighted by atomic mass is 35.5. The molecule has 24 heavy (non-hydrogen) atoms. The summed E-state index contributed by atoms with van der Waals surface area (Å²) in [6.07, 6.45) is 3.60. The zero-order chi connectivity index (χ0) is 16.8. The summed E-state index contributed by atoms with van der Waals surface area (Å²) < 4.78 is 3.79. The van der Waals surface area contributed by atoms with Gasteiger partial charge in [-0.2, -0.15) is 4.98 Å². The zero-order valence-corrected chi connectivity index (χ0v) is 14.3. The molecule has 0 N–H and O–H groups in total. The lowest BCUT2D eigenvalue weighted by atomic mass is 10.1. The smallest absolute Gasteiger partial charge is 0.254 e. The van der Waals surface area contributed by atoms with Crippen molar-refractivity contribution >= 4 is 17.2 Å². The van der Waals surface area contributed by atoms with Gasteiger partial charge in [-0.3, -0.25) is 4.57 Å². The third kappa shape index (κ3) is 2.35. The van der Waals surface area contributed by atoms with Gasteiger partial charge in [-0.25, -0.2) is 14.5 Å². The van der Waals surface area contributed by atoms with Crippen LogP contribution in [-0.4, -0.2) is 29.1 Å². The van der Waals surface area contributed by atoms with Gasteiger partial charge < -0.3 is 0 Å². The van der Waals surface area contributed by atoms with E-state index < -0.39 is 0 Å². The number of nitrogens with zero attached hydrogens (tertiary/aromatic N) is 6. The molecule has 7 heteroatoms. The summed E-state index contributed by atoms with van der Waals surface area (Å²) in [5.74, 6) is 0.657. The maximum atomic E-state index is 5.93. The third-order valence-corrected chi connectivity index (χ3v) is 4.20. The van der Waals surface area contributed by atoms with Gasteiger partial charge in [-0.15, -0.1) is 5.10 Å². The Labute approximate surface area is 143 Å². The molecule has 4 rings (SSSR count). The second kappa shape index (κ2) is 5.42. The Kier molecular flexibility index (Phi) is 3.35. The van der Waals surface area contributed by atoms with Crippen LogP contribution in [0.2, 0.25) is 5.28 Å². The highest BCUT2D eigenvalue weighted by Gasteiger charge is 2.12. The van der Waals surface area contributed by atoms with Crippen molar-refractivity contribution in [2.45, 2.75) is 20.8 Å². The predicted molar refractivity (Wildman–Crippen MR) is 92.6 cm³/mol. The minimum atomic E-state index is 0.233. The van der Waals surface area contributed by atoms with Crippen molar-refractivity contribution in [2.24, 2.45) is 0 Å². The maximum absolute atomic E-state index is 5.93. The highest BCUT2D eigenvalue weighted by Crippen LogP contribution is 2.23. The minimum absolute atomic E-state index is 0.233.